The van der Waals surface area contributed by atoms with Crippen LogP contribution in [-0.2, 0) is 4.74 Å². The number of Topliss-reactive ketones (excluding diaryl/α,β-unsaturated/α-hetero) is 1. The molecule has 0 bridgehead atoms. The van der Waals surface area contributed by atoms with Gasteiger partial charge in [0.25, 0.3) is 5.56 Å². The number of ketones is 1. The van der Waals surface area contributed by atoms with Crippen LogP contribution in [0.1, 0.15) is 46.3 Å². The van der Waals surface area contributed by atoms with Gasteiger partial charge in [-0.25, -0.2) is 9.48 Å². The molecule has 0 saturated heterocycles. The smallest absolute Gasteiger partial charge is 0.359 e. The topological polar surface area (TPSA) is 78.3 Å². The van der Waals surface area contributed by atoms with Crippen molar-refractivity contribution in [3.05, 3.63) is 75.7 Å². The number of esters is 1. The summed E-state index contributed by atoms with van der Waals surface area (Å²) < 4.78 is 6.44. The van der Waals surface area contributed by atoms with Crippen molar-refractivity contribution in [2.75, 3.05) is 6.61 Å². The fourth-order valence-corrected chi connectivity index (χ4v) is 2.73. The number of benzene rings is 2. The third-order valence-electron chi connectivity index (χ3n) is 4.22. The van der Waals surface area contributed by atoms with E-state index in [1.54, 1.807) is 50.2 Å². The second-order valence-electron chi connectivity index (χ2n) is 6.60. The molecule has 0 aliphatic heterocycles. The molecule has 0 amide bonds. The molecule has 6 heteroatoms. The first-order chi connectivity index (χ1) is 12.9. The van der Waals surface area contributed by atoms with Gasteiger partial charge in [-0.3, -0.25) is 9.59 Å². The highest BCUT2D eigenvalue weighted by Crippen LogP contribution is 2.16. The third-order valence-corrected chi connectivity index (χ3v) is 4.22. The number of aromatic nitrogens is 2. The van der Waals surface area contributed by atoms with E-state index in [-0.39, 0.29) is 23.1 Å². The van der Waals surface area contributed by atoms with Gasteiger partial charge in [0.2, 0.25) is 0 Å². The van der Waals surface area contributed by atoms with Crippen molar-refractivity contribution in [1.29, 1.82) is 0 Å². The quantitative estimate of drug-likeness (QED) is 0.513. The highest BCUT2D eigenvalue weighted by atomic mass is 16.5. The lowest BCUT2D eigenvalue weighted by Gasteiger charge is -2.13. The molecule has 1 aromatic heterocycles. The maximum atomic E-state index is 12.6. The fraction of sp³-hybridized carbons (Fsp3) is 0.238. The van der Waals surface area contributed by atoms with Crippen molar-refractivity contribution in [3.8, 4) is 0 Å². The van der Waals surface area contributed by atoms with Crippen LogP contribution in [0.25, 0.3) is 10.8 Å². The summed E-state index contributed by atoms with van der Waals surface area (Å²) in [5.41, 5.74) is 1.26. The average molecular weight is 364 g/mol. The molecule has 0 fully saturated rings. The van der Waals surface area contributed by atoms with Crippen LogP contribution in [0.3, 0.4) is 0 Å². The molecule has 1 heterocycles. The summed E-state index contributed by atoms with van der Waals surface area (Å²) in [4.78, 5) is 37.3. The number of hydrogen-bond donors (Lipinski definition) is 0. The lowest BCUT2D eigenvalue weighted by molar-refractivity contribution is 0.0468. The maximum absolute atomic E-state index is 12.6. The molecule has 0 atom stereocenters. The second kappa shape index (κ2) is 7.53. The van der Waals surface area contributed by atoms with Gasteiger partial charge in [0, 0.05) is 10.9 Å². The Morgan fingerprint density at radius 3 is 2.30 bits per heavy atom. The predicted octanol–water partition coefficient (Wildman–Crippen LogP) is 3.33. The molecule has 0 aliphatic rings. The van der Waals surface area contributed by atoms with Crippen LogP contribution in [0.15, 0.2) is 53.3 Å². The van der Waals surface area contributed by atoms with Crippen molar-refractivity contribution >= 4 is 22.5 Å². The number of hydrogen-bond acceptors (Lipinski definition) is 5. The van der Waals surface area contributed by atoms with E-state index in [9.17, 15) is 14.4 Å². The molecule has 27 heavy (non-hydrogen) atoms. The van der Waals surface area contributed by atoms with Gasteiger partial charge >= 0.3 is 5.97 Å². The molecule has 0 unspecified atom stereocenters. The van der Waals surface area contributed by atoms with Crippen LogP contribution < -0.4 is 5.56 Å². The minimum atomic E-state index is -0.735. The first-order valence-electron chi connectivity index (χ1n) is 8.67. The number of carbonyl (C=O) groups excluding carboxylic acids is 2. The van der Waals surface area contributed by atoms with Gasteiger partial charge in [-0.1, -0.05) is 48.0 Å². The molecule has 0 N–H and O–H groups in total. The average Bonchev–Trinajstić information content (AvgIpc) is 2.66. The Morgan fingerprint density at radius 2 is 1.67 bits per heavy atom. The van der Waals surface area contributed by atoms with Gasteiger partial charge in [0.05, 0.1) is 11.4 Å². The van der Waals surface area contributed by atoms with Crippen LogP contribution in [0.2, 0.25) is 0 Å². The Kier molecular flexibility index (Phi) is 5.16. The molecule has 3 aromatic rings. The Hall–Kier alpha value is -3.28. The molecule has 138 valence electrons. The van der Waals surface area contributed by atoms with Gasteiger partial charge in [-0.15, -0.1) is 0 Å². The summed E-state index contributed by atoms with van der Waals surface area (Å²) in [6.07, 6.45) is 0. The minimum Gasteiger partial charge on any atom is -0.452 e. The van der Waals surface area contributed by atoms with Crippen LogP contribution in [0, 0.1) is 6.92 Å². The molecular weight excluding hydrogens is 344 g/mol. The Labute approximate surface area is 156 Å². The monoisotopic (exact) mass is 364 g/mol. The van der Waals surface area contributed by atoms with Crippen molar-refractivity contribution in [2.24, 2.45) is 0 Å². The second-order valence-corrected chi connectivity index (χ2v) is 6.60. The standard InChI is InChI=1S/C21H20N2O4/c1-13(2)23-20(25)17-7-5-4-6-16(17)19(22-23)21(26)27-12-18(24)15-10-8-14(3)9-11-15/h4-11,13H,12H2,1-3H3. The summed E-state index contributed by atoms with van der Waals surface area (Å²) in [6, 6.07) is 13.5. The Balaban J connectivity index is 1.89. The number of rotatable bonds is 5. The molecule has 0 radical (unpaired) electrons. The maximum Gasteiger partial charge on any atom is 0.359 e. The molecule has 3 rings (SSSR count). The molecule has 6 nitrogen and oxygen atoms in total. The van der Waals surface area contributed by atoms with E-state index in [0.717, 1.165) is 5.56 Å². The predicted molar refractivity (Wildman–Crippen MR) is 102 cm³/mol. The zero-order valence-electron chi connectivity index (χ0n) is 15.4. The molecule has 0 spiro atoms. The molecular formula is C21H20N2O4. The lowest BCUT2D eigenvalue weighted by Crippen LogP contribution is -2.28. The van der Waals surface area contributed by atoms with Gasteiger partial charge in [-0.05, 0) is 26.8 Å². The lowest BCUT2D eigenvalue weighted by atomic mass is 10.1. The highest BCUT2D eigenvalue weighted by Gasteiger charge is 2.20. The van der Waals surface area contributed by atoms with Gasteiger partial charge < -0.3 is 4.74 Å². The molecule has 0 saturated carbocycles. The third kappa shape index (κ3) is 3.79. The first-order valence-corrected chi connectivity index (χ1v) is 8.67. The van der Waals surface area contributed by atoms with Gasteiger partial charge in [0.15, 0.2) is 18.1 Å². The first kappa shape index (κ1) is 18.5. The number of carbonyl (C=O) groups is 2. The summed E-state index contributed by atoms with van der Waals surface area (Å²) in [6.45, 7) is 5.14. The van der Waals surface area contributed by atoms with Crippen LogP contribution in [0.5, 0.6) is 0 Å². The zero-order chi connectivity index (χ0) is 19.6. The summed E-state index contributed by atoms with van der Waals surface area (Å²) in [7, 11) is 0. The van der Waals surface area contributed by atoms with Crippen molar-refractivity contribution in [1.82, 2.24) is 9.78 Å². The zero-order valence-corrected chi connectivity index (χ0v) is 15.4. The van der Waals surface area contributed by atoms with Crippen molar-refractivity contribution < 1.29 is 14.3 Å². The van der Waals surface area contributed by atoms with Crippen molar-refractivity contribution in [2.45, 2.75) is 26.8 Å². The largest absolute Gasteiger partial charge is 0.452 e. The fourth-order valence-electron chi connectivity index (χ4n) is 2.73. The Morgan fingerprint density at radius 1 is 1.04 bits per heavy atom. The van der Waals surface area contributed by atoms with E-state index in [2.05, 4.69) is 5.10 Å². The minimum absolute atomic E-state index is 0.0237. The van der Waals surface area contributed by atoms with E-state index in [1.165, 1.54) is 4.68 Å². The number of aryl methyl sites for hydroxylation is 1. The summed E-state index contributed by atoms with van der Waals surface area (Å²) in [5, 5.41) is 4.98. The summed E-state index contributed by atoms with van der Waals surface area (Å²) in [5.74, 6) is -1.04. The summed E-state index contributed by atoms with van der Waals surface area (Å²) >= 11 is 0. The van der Waals surface area contributed by atoms with E-state index in [4.69, 9.17) is 4.74 Å². The normalized spacial score (nSPS) is 11.0. The SMILES string of the molecule is Cc1ccc(C(=O)COC(=O)c2nn(C(C)C)c(=O)c3ccccc23)cc1. The number of nitrogens with zero attached hydrogens (tertiary/aromatic N) is 2. The van der Waals surface area contributed by atoms with Crippen LogP contribution in [-0.4, -0.2) is 28.1 Å². The number of fused-ring (bicyclic) bond motifs is 1. The van der Waals surface area contributed by atoms with E-state index in [0.29, 0.717) is 16.3 Å². The van der Waals surface area contributed by atoms with Crippen LogP contribution in [0.4, 0.5) is 0 Å². The molecule has 2 aromatic carbocycles. The highest BCUT2D eigenvalue weighted by molar-refractivity contribution is 6.04. The Bertz CT molecular complexity index is 1070. The molecule has 0 aliphatic carbocycles. The van der Waals surface area contributed by atoms with Gasteiger partial charge in [0.1, 0.15) is 0 Å². The van der Waals surface area contributed by atoms with E-state index in [1.807, 2.05) is 19.1 Å². The van der Waals surface area contributed by atoms with Gasteiger partial charge in [-0.2, -0.15) is 5.10 Å². The van der Waals surface area contributed by atoms with Crippen molar-refractivity contribution in [3.63, 3.8) is 0 Å². The van der Waals surface area contributed by atoms with E-state index >= 15 is 0 Å². The van der Waals surface area contributed by atoms with E-state index < -0.39 is 12.6 Å². The van der Waals surface area contributed by atoms with Crippen LogP contribution >= 0.6 is 0 Å². The number of ether oxygens (including phenoxy) is 1.